The predicted molar refractivity (Wildman–Crippen MR) is 74.0 cm³/mol. The second kappa shape index (κ2) is 6.21. The number of rotatable bonds is 5. The summed E-state index contributed by atoms with van der Waals surface area (Å²) in [7, 11) is 0. The van der Waals surface area contributed by atoms with Crippen LogP contribution in [-0.4, -0.2) is 42.1 Å². The van der Waals surface area contributed by atoms with Crippen molar-refractivity contribution in [3.05, 3.63) is 12.1 Å². The maximum atomic E-state index is 11.7. The first-order chi connectivity index (χ1) is 9.16. The van der Waals surface area contributed by atoms with Crippen molar-refractivity contribution >= 4 is 23.5 Å². The lowest BCUT2D eigenvalue weighted by atomic mass is 9.79. The highest BCUT2D eigenvalue weighted by Crippen LogP contribution is 2.30. The first-order valence-corrected chi connectivity index (χ1v) is 7.38. The first-order valence-electron chi connectivity index (χ1n) is 6.15. The Morgan fingerprint density at radius 3 is 2.74 bits per heavy atom. The van der Waals surface area contributed by atoms with Crippen molar-refractivity contribution in [1.82, 2.24) is 10.2 Å². The number of thioether (sulfide) groups is 1. The van der Waals surface area contributed by atoms with Crippen molar-refractivity contribution in [2.24, 2.45) is 11.1 Å². The third-order valence-corrected chi connectivity index (χ3v) is 4.07. The van der Waals surface area contributed by atoms with E-state index < -0.39 is 5.41 Å². The Morgan fingerprint density at radius 2 is 2.21 bits per heavy atom. The summed E-state index contributed by atoms with van der Waals surface area (Å²) in [6.07, 6.45) is 3.23. The number of carbonyl (C=O) groups is 1. The smallest absolute Gasteiger partial charge is 0.225 e. The molecule has 0 radical (unpaired) electrons. The maximum absolute atomic E-state index is 11.7. The summed E-state index contributed by atoms with van der Waals surface area (Å²) in [4.78, 5) is 11.7. The molecule has 104 valence electrons. The van der Waals surface area contributed by atoms with Crippen molar-refractivity contribution < 1.29 is 9.53 Å². The van der Waals surface area contributed by atoms with Gasteiger partial charge >= 0.3 is 0 Å². The Kier molecular flexibility index (Phi) is 4.60. The normalized spacial score (nSPS) is 17.9. The number of hydrogen-bond donors (Lipinski definition) is 2. The van der Waals surface area contributed by atoms with Gasteiger partial charge in [-0.15, -0.1) is 22.0 Å². The topological polar surface area (TPSA) is 90.1 Å². The Hall–Kier alpha value is -1.34. The SMILES string of the molecule is CSc1ccc(NCC2(C(N)=O)CCOCC2)nn1. The molecule has 19 heavy (non-hydrogen) atoms. The van der Waals surface area contributed by atoms with Crippen LogP contribution in [-0.2, 0) is 9.53 Å². The number of amides is 1. The quantitative estimate of drug-likeness (QED) is 0.780. The average molecular weight is 282 g/mol. The molecule has 1 aromatic heterocycles. The van der Waals surface area contributed by atoms with Crippen molar-refractivity contribution in [3.8, 4) is 0 Å². The van der Waals surface area contributed by atoms with Gasteiger partial charge in [0.25, 0.3) is 0 Å². The molecule has 0 aliphatic carbocycles. The van der Waals surface area contributed by atoms with Crippen LogP contribution in [0.2, 0.25) is 0 Å². The van der Waals surface area contributed by atoms with Gasteiger partial charge in [0.2, 0.25) is 5.91 Å². The lowest BCUT2D eigenvalue weighted by molar-refractivity contribution is -0.132. The molecule has 1 amide bonds. The molecule has 0 saturated carbocycles. The zero-order valence-corrected chi connectivity index (χ0v) is 11.7. The third-order valence-electron chi connectivity index (χ3n) is 3.43. The van der Waals surface area contributed by atoms with E-state index in [1.54, 1.807) is 0 Å². The largest absolute Gasteiger partial charge is 0.381 e. The molecule has 0 bridgehead atoms. The second-order valence-corrected chi connectivity index (χ2v) is 5.40. The van der Waals surface area contributed by atoms with Gasteiger partial charge in [0.15, 0.2) is 0 Å². The van der Waals surface area contributed by atoms with Gasteiger partial charge in [0.1, 0.15) is 10.8 Å². The number of aromatic nitrogens is 2. The zero-order chi connectivity index (χ0) is 13.7. The van der Waals surface area contributed by atoms with Gasteiger partial charge in [-0.3, -0.25) is 4.79 Å². The summed E-state index contributed by atoms with van der Waals surface area (Å²) in [5, 5.41) is 12.1. The number of hydrogen-bond acceptors (Lipinski definition) is 6. The summed E-state index contributed by atoms with van der Waals surface area (Å²) < 4.78 is 5.29. The number of ether oxygens (including phenoxy) is 1. The fourth-order valence-electron chi connectivity index (χ4n) is 2.06. The Morgan fingerprint density at radius 1 is 1.47 bits per heavy atom. The summed E-state index contributed by atoms with van der Waals surface area (Å²) in [6, 6.07) is 3.74. The van der Waals surface area contributed by atoms with E-state index in [9.17, 15) is 4.79 Å². The molecule has 0 atom stereocenters. The molecule has 0 aromatic carbocycles. The van der Waals surface area contributed by atoms with Gasteiger partial charge < -0.3 is 15.8 Å². The van der Waals surface area contributed by atoms with E-state index in [1.807, 2.05) is 18.4 Å². The van der Waals surface area contributed by atoms with E-state index in [-0.39, 0.29) is 5.91 Å². The fraction of sp³-hybridized carbons (Fsp3) is 0.583. The number of carbonyl (C=O) groups excluding carboxylic acids is 1. The number of anilines is 1. The Labute approximate surface area is 116 Å². The van der Waals surface area contributed by atoms with Gasteiger partial charge in [0.05, 0.1) is 5.41 Å². The number of nitrogens with one attached hydrogen (secondary N) is 1. The minimum atomic E-state index is -0.544. The van der Waals surface area contributed by atoms with Crippen LogP contribution in [0, 0.1) is 5.41 Å². The summed E-state index contributed by atoms with van der Waals surface area (Å²) in [6.45, 7) is 1.61. The Bertz CT molecular complexity index is 432. The molecular formula is C12H18N4O2S. The van der Waals surface area contributed by atoms with E-state index in [4.69, 9.17) is 10.5 Å². The molecule has 7 heteroatoms. The van der Waals surface area contributed by atoms with E-state index in [0.29, 0.717) is 38.4 Å². The summed E-state index contributed by atoms with van der Waals surface area (Å²) >= 11 is 1.54. The molecule has 6 nitrogen and oxygen atoms in total. The van der Waals surface area contributed by atoms with E-state index >= 15 is 0 Å². The van der Waals surface area contributed by atoms with Crippen LogP contribution in [0.15, 0.2) is 17.2 Å². The minimum Gasteiger partial charge on any atom is -0.381 e. The molecule has 2 heterocycles. The summed E-state index contributed by atoms with van der Waals surface area (Å²) in [5.41, 5.74) is 4.99. The van der Waals surface area contributed by atoms with Crippen LogP contribution in [0.4, 0.5) is 5.82 Å². The zero-order valence-electron chi connectivity index (χ0n) is 10.9. The average Bonchev–Trinajstić information content (AvgIpc) is 2.46. The molecule has 3 N–H and O–H groups in total. The van der Waals surface area contributed by atoms with E-state index in [2.05, 4.69) is 15.5 Å². The van der Waals surface area contributed by atoms with Crippen molar-refractivity contribution in [2.45, 2.75) is 17.9 Å². The lowest BCUT2D eigenvalue weighted by Crippen LogP contribution is -2.46. The van der Waals surface area contributed by atoms with Gasteiger partial charge in [-0.25, -0.2) is 0 Å². The first kappa shape index (κ1) is 14.1. The van der Waals surface area contributed by atoms with Crippen LogP contribution >= 0.6 is 11.8 Å². The minimum absolute atomic E-state index is 0.281. The molecule has 1 saturated heterocycles. The second-order valence-electron chi connectivity index (χ2n) is 4.57. The molecule has 1 aliphatic rings. The van der Waals surface area contributed by atoms with Gasteiger partial charge in [-0.2, -0.15) is 0 Å². The molecule has 1 fully saturated rings. The standard InChI is InChI=1S/C12H18N4O2S/c1-19-10-3-2-9(15-16-10)14-8-12(11(13)17)4-6-18-7-5-12/h2-3H,4-8H2,1H3,(H2,13,17)(H,14,15). The molecule has 2 rings (SSSR count). The molecule has 1 aliphatic heterocycles. The van der Waals surface area contributed by atoms with Crippen molar-refractivity contribution in [2.75, 3.05) is 31.3 Å². The van der Waals surface area contributed by atoms with Gasteiger partial charge in [-0.05, 0) is 31.2 Å². The monoisotopic (exact) mass is 282 g/mol. The summed E-state index contributed by atoms with van der Waals surface area (Å²) in [5.74, 6) is 0.377. The number of nitrogens with zero attached hydrogens (tertiary/aromatic N) is 2. The van der Waals surface area contributed by atoms with E-state index in [0.717, 1.165) is 5.03 Å². The van der Waals surface area contributed by atoms with Crippen molar-refractivity contribution in [3.63, 3.8) is 0 Å². The van der Waals surface area contributed by atoms with Crippen LogP contribution < -0.4 is 11.1 Å². The van der Waals surface area contributed by atoms with Gasteiger partial charge in [-0.1, -0.05) is 0 Å². The van der Waals surface area contributed by atoms with Crippen LogP contribution in [0.5, 0.6) is 0 Å². The van der Waals surface area contributed by atoms with Crippen LogP contribution in [0.1, 0.15) is 12.8 Å². The lowest BCUT2D eigenvalue weighted by Gasteiger charge is -2.34. The van der Waals surface area contributed by atoms with Crippen LogP contribution in [0.3, 0.4) is 0 Å². The molecule has 0 spiro atoms. The van der Waals surface area contributed by atoms with Gasteiger partial charge in [0, 0.05) is 19.8 Å². The van der Waals surface area contributed by atoms with Crippen LogP contribution in [0.25, 0.3) is 0 Å². The highest BCUT2D eigenvalue weighted by molar-refractivity contribution is 7.98. The molecular weight excluding hydrogens is 264 g/mol. The maximum Gasteiger partial charge on any atom is 0.225 e. The highest BCUT2D eigenvalue weighted by atomic mass is 32.2. The Balaban J connectivity index is 2.00. The molecule has 0 unspecified atom stereocenters. The number of primary amides is 1. The van der Waals surface area contributed by atoms with Crippen molar-refractivity contribution in [1.29, 1.82) is 0 Å². The molecule has 1 aromatic rings. The van der Waals surface area contributed by atoms with E-state index in [1.165, 1.54) is 11.8 Å². The fourth-order valence-corrected chi connectivity index (χ4v) is 2.38. The number of nitrogens with two attached hydrogens (primary N) is 1. The highest BCUT2D eigenvalue weighted by Gasteiger charge is 2.38. The third kappa shape index (κ3) is 3.36. The predicted octanol–water partition coefficient (Wildman–Crippen LogP) is 0.893.